The summed E-state index contributed by atoms with van der Waals surface area (Å²) in [5, 5.41) is 0. The van der Waals surface area contributed by atoms with Crippen molar-refractivity contribution in [3.8, 4) is 0 Å². The summed E-state index contributed by atoms with van der Waals surface area (Å²) in [4.78, 5) is 0. The van der Waals surface area contributed by atoms with Crippen LogP contribution < -0.4 is 5.73 Å². The molecule has 0 aliphatic carbocycles. The zero-order valence-electron chi connectivity index (χ0n) is 22.2. The van der Waals surface area contributed by atoms with Gasteiger partial charge >= 0.3 is 0 Å². The molecule has 0 bridgehead atoms. The minimum absolute atomic E-state index is 0.430. The van der Waals surface area contributed by atoms with Crippen LogP contribution in [0.25, 0.3) is 0 Å². The molecule has 3 rings (SSSR count). The third-order valence-corrected chi connectivity index (χ3v) is 5.84. The molecule has 0 amide bonds. The van der Waals surface area contributed by atoms with Crippen molar-refractivity contribution in [1.29, 1.82) is 0 Å². The highest BCUT2D eigenvalue weighted by Gasteiger charge is 2.37. The Bertz CT molecular complexity index is 861. The van der Waals surface area contributed by atoms with Crippen LogP contribution in [-0.2, 0) is 34.0 Å². The van der Waals surface area contributed by atoms with E-state index in [-0.39, 0.29) is 0 Å². The number of hydrogen-bond donors (Lipinski definition) is 1. The van der Waals surface area contributed by atoms with Crippen LogP contribution in [0, 0.1) is 0 Å². The molecule has 0 spiro atoms. The summed E-state index contributed by atoms with van der Waals surface area (Å²) in [6, 6.07) is 31.0. The van der Waals surface area contributed by atoms with Crippen LogP contribution in [0.3, 0.4) is 0 Å². The summed E-state index contributed by atoms with van der Waals surface area (Å²) in [5.74, 6) is 0. The maximum absolute atomic E-state index is 6.70. The SMILES string of the molecule is NCCOCCOCCOCCOCCOCCOC(c1ccccc1)(c1ccccc1)c1ccccc1. The Morgan fingerprint density at radius 2 is 0.684 bits per heavy atom. The Hall–Kier alpha value is -2.62. The molecule has 0 atom stereocenters. The van der Waals surface area contributed by atoms with Gasteiger partial charge in [-0.25, -0.2) is 0 Å². The monoisotopic (exact) mass is 523 g/mol. The Morgan fingerprint density at radius 1 is 0.395 bits per heavy atom. The molecule has 0 fully saturated rings. The second-order valence-electron chi connectivity index (χ2n) is 8.48. The lowest BCUT2D eigenvalue weighted by molar-refractivity contribution is -0.0391. The fourth-order valence-electron chi connectivity index (χ4n) is 4.09. The zero-order chi connectivity index (χ0) is 26.6. The normalized spacial score (nSPS) is 11.6. The Balaban J connectivity index is 1.38. The molecule has 0 unspecified atom stereocenters. The van der Waals surface area contributed by atoms with Crippen molar-refractivity contribution in [3.05, 3.63) is 108 Å². The lowest BCUT2D eigenvalue weighted by Gasteiger charge is -2.36. The maximum Gasteiger partial charge on any atom is 0.143 e. The molecule has 3 aromatic rings. The lowest BCUT2D eigenvalue weighted by atomic mass is 9.80. The number of benzene rings is 3. The minimum Gasteiger partial charge on any atom is -0.378 e. The smallest absolute Gasteiger partial charge is 0.143 e. The summed E-state index contributed by atoms with van der Waals surface area (Å²) in [6.45, 7) is 6.15. The van der Waals surface area contributed by atoms with Crippen LogP contribution >= 0.6 is 0 Å². The topological polar surface area (TPSA) is 81.4 Å². The van der Waals surface area contributed by atoms with Crippen molar-refractivity contribution in [2.75, 3.05) is 79.2 Å². The largest absolute Gasteiger partial charge is 0.378 e. The van der Waals surface area contributed by atoms with Crippen molar-refractivity contribution < 1.29 is 28.4 Å². The molecular formula is C31H41NO6. The molecule has 7 heteroatoms. The first-order valence-electron chi connectivity index (χ1n) is 13.3. The van der Waals surface area contributed by atoms with Gasteiger partial charge in [0.1, 0.15) is 5.60 Å². The predicted molar refractivity (Wildman–Crippen MR) is 148 cm³/mol. The van der Waals surface area contributed by atoms with E-state index >= 15 is 0 Å². The number of nitrogens with two attached hydrogens (primary N) is 1. The van der Waals surface area contributed by atoms with Gasteiger partial charge in [-0.1, -0.05) is 91.0 Å². The van der Waals surface area contributed by atoms with E-state index in [1.54, 1.807) is 0 Å². The van der Waals surface area contributed by atoms with E-state index < -0.39 is 5.60 Å². The lowest BCUT2D eigenvalue weighted by Crippen LogP contribution is -2.34. The minimum atomic E-state index is -0.734. The van der Waals surface area contributed by atoms with Gasteiger partial charge in [-0.15, -0.1) is 0 Å². The van der Waals surface area contributed by atoms with Gasteiger partial charge in [0.15, 0.2) is 0 Å². The van der Waals surface area contributed by atoms with Crippen LogP contribution in [-0.4, -0.2) is 79.2 Å². The van der Waals surface area contributed by atoms with Crippen LogP contribution in [0.4, 0.5) is 0 Å². The van der Waals surface area contributed by atoms with Crippen molar-refractivity contribution in [2.24, 2.45) is 5.73 Å². The first kappa shape index (κ1) is 29.9. The highest BCUT2D eigenvalue weighted by atomic mass is 16.6. The summed E-state index contributed by atoms with van der Waals surface area (Å²) in [6.07, 6.45) is 0. The Kier molecular flexibility index (Phi) is 14.7. The molecule has 0 heterocycles. The van der Waals surface area contributed by atoms with Crippen LogP contribution in [0.15, 0.2) is 91.0 Å². The van der Waals surface area contributed by atoms with Gasteiger partial charge in [-0.3, -0.25) is 0 Å². The van der Waals surface area contributed by atoms with Crippen molar-refractivity contribution >= 4 is 0 Å². The highest BCUT2D eigenvalue weighted by molar-refractivity contribution is 5.47. The fraction of sp³-hybridized carbons (Fsp3) is 0.419. The van der Waals surface area contributed by atoms with Crippen molar-refractivity contribution in [1.82, 2.24) is 0 Å². The van der Waals surface area contributed by atoms with Crippen molar-refractivity contribution in [3.63, 3.8) is 0 Å². The molecule has 3 aromatic carbocycles. The molecule has 0 saturated heterocycles. The molecular weight excluding hydrogens is 482 g/mol. The molecule has 0 aromatic heterocycles. The molecule has 7 nitrogen and oxygen atoms in total. The van der Waals surface area contributed by atoms with Gasteiger partial charge in [0.25, 0.3) is 0 Å². The molecule has 0 aliphatic heterocycles. The van der Waals surface area contributed by atoms with Crippen LogP contribution in [0.5, 0.6) is 0 Å². The average Bonchev–Trinajstić information content (AvgIpc) is 2.98. The van der Waals surface area contributed by atoms with Crippen LogP contribution in [0.2, 0.25) is 0 Å². The van der Waals surface area contributed by atoms with Gasteiger partial charge in [-0.05, 0) is 16.7 Å². The van der Waals surface area contributed by atoms with Crippen molar-refractivity contribution in [2.45, 2.75) is 5.60 Å². The summed E-state index contributed by atoms with van der Waals surface area (Å²) >= 11 is 0. The second-order valence-corrected chi connectivity index (χ2v) is 8.48. The molecule has 0 aliphatic rings. The standard InChI is InChI=1S/C31H41NO6/c32-16-17-33-18-19-34-20-21-35-22-23-36-24-25-37-26-27-38-31(28-10-4-1-5-11-28,29-12-6-2-7-13-29)30-14-8-3-9-15-30/h1-15H,16-27,32H2. The molecule has 0 saturated carbocycles. The Morgan fingerprint density at radius 3 is 1.00 bits per heavy atom. The van der Waals surface area contributed by atoms with E-state index in [0.717, 1.165) is 16.7 Å². The third kappa shape index (κ3) is 9.93. The summed E-state index contributed by atoms with van der Waals surface area (Å²) in [5.41, 5.74) is 7.85. The maximum atomic E-state index is 6.70. The number of rotatable bonds is 21. The molecule has 38 heavy (non-hydrogen) atoms. The molecule has 0 radical (unpaired) electrons. The van der Waals surface area contributed by atoms with Gasteiger partial charge in [0, 0.05) is 6.54 Å². The quantitative estimate of drug-likeness (QED) is 0.167. The predicted octanol–water partition coefficient (Wildman–Crippen LogP) is 4.04. The van der Waals surface area contributed by atoms with Crippen LogP contribution in [0.1, 0.15) is 16.7 Å². The molecule has 2 N–H and O–H groups in total. The number of ether oxygens (including phenoxy) is 6. The highest BCUT2D eigenvalue weighted by Crippen LogP contribution is 2.40. The van der Waals surface area contributed by atoms with Gasteiger partial charge in [0.05, 0.1) is 72.7 Å². The first-order chi connectivity index (χ1) is 18.9. The van der Waals surface area contributed by atoms with E-state index in [0.29, 0.717) is 79.2 Å². The fourth-order valence-corrected chi connectivity index (χ4v) is 4.09. The second kappa shape index (κ2) is 18.6. The van der Waals surface area contributed by atoms with Gasteiger partial charge in [0.2, 0.25) is 0 Å². The van der Waals surface area contributed by atoms with E-state index in [2.05, 4.69) is 36.4 Å². The first-order valence-corrected chi connectivity index (χ1v) is 13.3. The average molecular weight is 524 g/mol. The Labute approximate surface area is 226 Å². The van der Waals surface area contributed by atoms with E-state index in [4.69, 9.17) is 34.2 Å². The number of hydrogen-bond acceptors (Lipinski definition) is 7. The van der Waals surface area contributed by atoms with E-state index in [9.17, 15) is 0 Å². The summed E-state index contributed by atoms with van der Waals surface area (Å²) in [7, 11) is 0. The zero-order valence-corrected chi connectivity index (χ0v) is 22.2. The van der Waals surface area contributed by atoms with Gasteiger partial charge < -0.3 is 34.2 Å². The van der Waals surface area contributed by atoms with Gasteiger partial charge in [-0.2, -0.15) is 0 Å². The van der Waals surface area contributed by atoms with E-state index in [1.807, 2.05) is 54.6 Å². The van der Waals surface area contributed by atoms with E-state index in [1.165, 1.54) is 0 Å². The third-order valence-electron chi connectivity index (χ3n) is 5.84. The summed E-state index contributed by atoms with van der Waals surface area (Å²) < 4.78 is 34.2. The molecule has 206 valence electrons.